The number of hydrogen-bond acceptors (Lipinski definition) is 4. The molecule has 4 nitrogen and oxygen atoms in total. The Balaban J connectivity index is 1.09. The summed E-state index contributed by atoms with van der Waals surface area (Å²) >= 11 is 0. The summed E-state index contributed by atoms with van der Waals surface area (Å²) < 4.78 is 0. The summed E-state index contributed by atoms with van der Waals surface area (Å²) in [7, 11) is 0. The number of aromatic nitrogens is 1. The van der Waals surface area contributed by atoms with Crippen molar-refractivity contribution < 1.29 is 0 Å². The van der Waals surface area contributed by atoms with Gasteiger partial charge in [-0.05, 0) is 128 Å². The van der Waals surface area contributed by atoms with Crippen molar-refractivity contribution in [1.82, 2.24) is 15.6 Å². The van der Waals surface area contributed by atoms with Crippen LogP contribution in [0.3, 0.4) is 0 Å². The monoisotopic (exact) mass is 770 g/mol. The van der Waals surface area contributed by atoms with Gasteiger partial charge >= 0.3 is 0 Å². The largest absolute Gasteiger partial charge is 0.381 e. The predicted molar refractivity (Wildman–Crippen MR) is 249 cm³/mol. The fourth-order valence-electron chi connectivity index (χ4n) is 9.16. The van der Waals surface area contributed by atoms with Crippen molar-refractivity contribution in [2.75, 3.05) is 0 Å². The van der Waals surface area contributed by atoms with Gasteiger partial charge in [0, 0.05) is 22.9 Å². The molecule has 2 aliphatic heterocycles. The Bertz CT molecular complexity index is 3020. The molecule has 0 saturated heterocycles. The Morgan fingerprint density at radius 3 is 2.22 bits per heavy atom. The topological polar surface area (TPSA) is 49.3 Å². The number of dihydropyridines is 1. The zero-order valence-electron chi connectivity index (χ0n) is 33.1. The van der Waals surface area contributed by atoms with Crippen LogP contribution in [0, 0.1) is 0 Å². The van der Waals surface area contributed by atoms with Crippen LogP contribution in [0.2, 0.25) is 0 Å². The van der Waals surface area contributed by atoms with Crippen LogP contribution in [0.25, 0.3) is 61.5 Å². The van der Waals surface area contributed by atoms with Crippen molar-refractivity contribution in [3.05, 3.63) is 234 Å². The molecule has 2 unspecified atom stereocenters. The number of hydrogen-bond donors (Lipinski definition) is 2. The average Bonchev–Trinajstić information content (AvgIpc) is 3.33. The minimum atomic E-state index is -0.0812. The number of nitrogens with one attached hydrogen (secondary N) is 2. The number of amidine groups is 1. The summed E-state index contributed by atoms with van der Waals surface area (Å²) in [5, 5.41) is 9.97. The second-order valence-electron chi connectivity index (χ2n) is 15.8. The molecule has 0 spiro atoms. The third kappa shape index (κ3) is 6.62. The number of benzene rings is 7. The van der Waals surface area contributed by atoms with Crippen LogP contribution in [0.1, 0.15) is 51.9 Å². The van der Waals surface area contributed by atoms with Gasteiger partial charge < -0.3 is 10.6 Å². The van der Waals surface area contributed by atoms with E-state index in [4.69, 9.17) is 4.99 Å². The highest BCUT2D eigenvalue weighted by molar-refractivity contribution is 6.05. The quantitative estimate of drug-likeness (QED) is 0.170. The van der Waals surface area contributed by atoms with Gasteiger partial charge in [0.05, 0.1) is 23.5 Å². The van der Waals surface area contributed by atoms with Crippen LogP contribution >= 0.6 is 0 Å². The van der Waals surface area contributed by atoms with Crippen molar-refractivity contribution in [2.45, 2.75) is 24.9 Å². The number of rotatable bonds is 7. The van der Waals surface area contributed by atoms with Crippen molar-refractivity contribution in [1.29, 1.82) is 0 Å². The molecule has 1 aliphatic carbocycles. The minimum absolute atomic E-state index is 0.0812. The normalized spacial score (nSPS) is 16.4. The maximum atomic E-state index is 5.51. The Morgan fingerprint density at radius 2 is 1.35 bits per heavy atom. The van der Waals surface area contributed by atoms with E-state index in [2.05, 4.69) is 198 Å². The molecule has 0 bridgehead atoms. The molecule has 1 aromatic heterocycles. The van der Waals surface area contributed by atoms with E-state index < -0.39 is 0 Å². The zero-order chi connectivity index (χ0) is 39.8. The van der Waals surface area contributed by atoms with Crippen molar-refractivity contribution in [3.63, 3.8) is 0 Å². The first-order valence-electron chi connectivity index (χ1n) is 20.9. The number of pyridine rings is 1. The lowest BCUT2D eigenvalue weighted by Gasteiger charge is -2.29. The van der Waals surface area contributed by atoms with E-state index in [0.29, 0.717) is 0 Å². The molecule has 2 N–H and O–H groups in total. The van der Waals surface area contributed by atoms with E-state index in [-0.39, 0.29) is 12.1 Å². The Morgan fingerprint density at radius 1 is 0.567 bits per heavy atom. The molecule has 0 radical (unpaired) electrons. The molecule has 0 amide bonds. The first-order valence-corrected chi connectivity index (χ1v) is 20.9. The molecule has 60 heavy (non-hydrogen) atoms. The first-order chi connectivity index (χ1) is 29.7. The molecule has 286 valence electrons. The van der Waals surface area contributed by atoms with Crippen LogP contribution in [-0.2, 0) is 6.42 Å². The van der Waals surface area contributed by atoms with Crippen LogP contribution in [-0.4, -0.2) is 10.8 Å². The molecule has 2 atom stereocenters. The molecular formula is C56H42N4. The lowest BCUT2D eigenvalue weighted by molar-refractivity contribution is 0.742. The lowest BCUT2D eigenvalue weighted by Crippen LogP contribution is -2.32. The fourth-order valence-corrected chi connectivity index (χ4v) is 9.16. The van der Waals surface area contributed by atoms with Crippen LogP contribution in [0.5, 0.6) is 0 Å². The molecule has 7 aromatic carbocycles. The highest BCUT2D eigenvalue weighted by Gasteiger charge is 2.27. The third-order valence-electron chi connectivity index (χ3n) is 12.1. The Kier molecular flexibility index (Phi) is 9.08. The maximum Gasteiger partial charge on any atom is 0.134 e. The molecule has 8 aromatic rings. The number of nitrogens with zero attached hydrogens (tertiary/aromatic N) is 2. The van der Waals surface area contributed by atoms with Gasteiger partial charge in [-0.15, -0.1) is 0 Å². The standard InChI is InChI=1S/C56H42N4/c1-2-14-40(15-3-1)55-51-28-27-41(46-20-12-16-38-13-4-5-17-45(38)46)36-54(51)59-56(60-55)44-34-42(37-23-25-39(26-24-37)52-21-8-10-31-57-52)33-43(35-44)47-29-30-50(53-22-9-11-32-58-53)49-19-7-6-18-48(47)49/h1-5,7-17,19-36,53,55,58H,6,18H2,(H,59,60). The van der Waals surface area contributed by atoms with E-state index in [1.54, 1.807) is 0 Å². The van der Waals surface area contributed by atoms with E-state index in [1.807, 2.05) is 24.5 Å². The lowest BCUT2D eigenvalue weighted by atomic mass is 9.83. The third-order valence-corrected chi connectivity index (χ3v) is 12.1. The van der Waals surface area contributed by atoms with E-state index >= 15 is 0 Å². The predicted octanol–water partition coefficient (Wildman–Crippen LogP) is 13.3. The van der Waals surface area contributed by atoms with Crippen molar-refractivity contribution >= 4 is 28.4 Å². The van der Waals surface area contributed by atoms with Gasteiger partial charge in [0.1, 0.15) is 5.84 Å². The number of aliphatic imine (C=N–C) groups is 1. The number of fused-ring (bicyclic) bond motifs is 3. The zero-order valence-corrected chi connectivity index (χ0v) is 33.1. The highest BCUT2D eigenvalue weighted by Crippen LogP contribution is 2.42. The molecule has 3 aliphatic rings. The van der Waals surface area contributed by atoms with Crippen molar-refractivity contribution in [3.8, 4) is 44.6 Å². The average molecular weight is 771 g/mol. The summed E-state index contributed by atoms with van der Waals surface area (Å²) in [6.45, 7) is 0. The first kappa shape index (κ1) is 35.6. The second-order valence-corrected chi connectivity index (χ2v) is 15.8. The van der Waals surface area contributed by atoms with Gasteiger partial charge in [-0.25, -0.2) is 4.99 Å². The van der Waals surface area contributed by atoms with Gasteiger partial charge in [-0.3, -0.25) is 4.98 Å². The van der Waals surface area contributed by atoms with E-state index in [0.717, 1.165) is 63.4 Å². The molecule has 11 rings (SSSR count). The molecule has 3 heterocycles. The molecule has 0 saturated carbocycles. The highest BCUT2D eigenvalue weighted by atomic mass is 15.1. The van der Waals surface area contributed by atoms with Crippen molar-refractivity contribution in [2.24, 2.45) is 4.99 Å². The van der Waals surface area contributed by atoms with Crippen LogP contribution in [0.15, 0.2) is 205 Å². The maximum absolute atomic E-state index is 5.51. The SMILES string of the molecule is C1=CNC(c2ccc(-c3cc(C4=Nc5cc(-c6cccc7ccccc67)ccc5C(c5ccccc5)N4)cc(-c4ccc(-c5ccccn5)cc4)c3)c3c2C=CCC3)C=C1. The summed E-state index contributed by atoms with van der Waals surface area (Å²) in [5.41, 5.74) is 17.5. The summed E-state index contributed by atoms with van der Waals surface area (Å²) in [6.07, 6.45) is 17.0. The van der Waals surface area contributed by atoms with Gasteiger partial charge in [-0.1, -0.05) is 152 Å². The molecule has 4 heteroatoms. The summed E-state index contributed by atoms with van der Waals surface area (Å²) in [6, 6.07) is 59.3. The Hall–Kier alpha value is -7.56. The second kappa shape index (κ2) is 15.3. The van der Waals surface area contributed by atoms with Crippen LogP contribution in [0.4, 0.5) is 5.69 Å². The van der Waals surface area contributed by atoms with Gasteiger partial charge in [0.15, 0.2) is 0 Å². The summed E-state index contributed by atoms with van der Waals surface area (Å²) in [5.74, 6) is 0.855. The van der Waals surface area contributed by atoms with Gasteiger partial charge in [0.25, 0.3) is 0 Å². The van der Waals surface area contributed by atoms with Crippen LogP contribution < -0.4 is 10.6 Å². The minimum Gasteiger partial charge on any atom is -0.381 e. The number of allylic oxidation sites excluding steroid dienone is 3. The smallest absolute Gasteiger partial charge is 0.134 e. The summed E-state index contributed by atoms with van der Waals surface area (Å²) in [4.78, 5) is 10.1. The van der Waals surface area contributed by atoms with E-state index in [9.17, 15) is 0 Å². The Labute approximate surface area is 351 Å². The fraction of sp³-hybridized carbons (Fsp3) is 0.0714. The molecule has 0 fully saturated rings. The van der Waals surface area contributed by atoms with Gasteiger partial charge in [-0.2, -0.15) is 0 Å². The van der Waals surface area contributed by atoms with E-state index in [1.165, 1.54) is 49.7 Å². The van der Waals surface area contributed by atoms with Gasteiger partial charge in [0.2, 0.25) is 0 Å². The molecular weight excluding hydrogens is 729 g/mol.